The lowest BCUT2D eigenvalue weighted by Crippen LogP contribution is -2.21. The second-order valence-corrected chi connectivity index (χ2v) is 3.75. The highest BCUT2D eigenvalue weighted by molar-refractivity contribution is 5.95. The quantitative estimate of drug-likeness (QED) is 0.784. The van der Waals surface area contributed by atoms with Gasteiger partial charge in [-0.1, -0.05) is 18.2 Å². The Morgan fingerprint density at radius 3 is 2.39 bits per heavy atom. The molecule has 0 saturated heterocycles. The van der Waals surface area contributed by atoms with E-state index in [9.17, 15) is 18.0 Å². The number of nitrogens with zero attached hydrogens (tertiary/aromatic N) is 2. The zero-order valence-electron chi connectivity index (χ0n) is 9.40. The molecule has 18 heavy (non-hydrogen) atoms. The first-order chi connectivity index (χ1) is 8.39. The molecule has 94 valence electrons. The second kappa shape index (κ2) is 4.29. The minimum atomic E-state index is -4.61. The molecule has 1 heterocycles. The van der Waals surface area contributed by atoms with Crippen LogP contribution < -0.4 is 0 Å². The number of carbonyl (C=O) groups excluding carboxylic acids is 1. The van der Waals surface area contributed by atoms with E-state index in [2.05, 4.69) is 5.10 Å². The van der Waals surface area contributed by atoms with Gasteiger partial charge in [0.05, 0.1) is 5.69 Å². The van der Waals surface area contributed by atoms with Gasteiger partial charge in [-0.05, 0) is 25.1 Å². The van der Waals surface area contributed by atoms with Crippen molar-refractivity contribution in [3.8, 4) is 0 Å². The van der Waals surface area contributed by atoms with Crippen molar-refractivity contribution in [1.82, 2.24) is 9.78 Å². The molecule has 2 rings (SSSR count). The predicted molar refractivity (Wildman–Crippen MR) is 58.1 cm³/mol. The summed E-state index contributed by atoms with van der Waals surface area (Å²) in [5.74, 6) is -0.795. The number of hydrogen-bond acceptors (Lipinski definition) is 2. The molecule has 0 aliphatic rings. The fraction of sp³-hybridized carbons (Fsp3) is 0.167. The van der Waals surface area contributed by atoms with Gasteiger partial charge in [-0.2, -0.15) is 23.0 Å². The van der Waals surface area contributed by atoms with Crippen LogP contribution in [0.15, 0.2) is 36.4 Å². The third-order valence-electron chi connectivity index (χ3n) is 2.34. The molecule has 0 spiro atoms. The molecule has 0 N–H and O–H groups in total. The molecule has 0 fully saturated rings. The van der Waals surface area contributed by atoms with Gasteiger partial charge in [0.2, 0.25) is 0 Å². The SMILES string of the molecule is Cc1cc(C(F)(F)F)n(C(=O)c2ccccc2)n1. The summed E-state index contributed by atoms with van der Waals surface area (Å²) in [5.41, 5.74) is -0.758. The van der Waals surface area contributed by atoms with Crippen molar-refractivity contribution in [3.05, 3.63) is 53.3 Å². The van der Waals surface area contributed by atoms with E-state index in [1.807, 2.05) is 0 Å². The lowest BCUT2D eigenvalue weighted by molar-refractivity contribution is -0.143. The van der Waals surface area contributed by atoms with Crippen molar-refractivity contribution in [3.63, 3.8) is 0 Å². The van der Waals surface area contributed by atoms with Crippen molar-refractivity contribution in [2.45, 2.75) is 13.1 Å². The molecule has 0 aliphatic heterocycles. The first kappa shape index (κ1) is 12.3. The zero-order chi connectivity index (χ0) is 13.3. The van der Waals surface area contributed by atoms with Crippen LogP contribution in [0.25, 0.3) is 0 Å². The molecule has 0 radical (unpaired) electrons. The smallest absolute Gasteiger partial charge is 0.267 e. The van der Waals surface area contributed by atoms with Crippen LogP contribution in [0.4, 0.5) is 13.2 Å². The molecule has 2 aromatic rings. The Labute approximate surface area is 101 Å². The van der Waals surface area contributed by atoms with Crippen LogP contribution >= 0.6 is 0 Å². The maximum Gasteiger partial charge on any atom is 0.433 e. The monoisotopic (exact) mass is 254 g/mol. The number of benzene rings is 1. The summed E-state index contributed by atoms with van der Waals surface area (Å²) in [7, 11) is 0. The van der Waals surface area contributed by atoms with Crippen LogP contribution in [-0.4, -0.2) is 15.7 Å². The number of carbonyl (C=O) groups is 1. The molecule has 0 unspecified atom stereocenters. The van der Waals surface area contributed by atoms with Gasteiger partial charge < -0.3 is 0 Å². The highest BCUT2D eigenvalue weighted by Crippen LogP contribution is 2.30. The average molecular weight is 254 g/mol. The molecule has 1 aromatic heterocycles. The second-order valence-electron chi connectivity index (χ2n) is 3.75. The highest BCUT2D eigenvalue weighted by Gasteiger charge is 2.37. The third kappa shape index (κ3) is 2.27. The Bertz CT molecular complexity index is 573. The van der Waals surface area contributed by atoms with Crippen molar-refractivity contribution >= 4 is 5.91 Å². The first-order valence-electron chi connectivity index (χ1n) is 5.13. The Kier molecular flexibility index (Phi) is 2.94. The first-order valence-corrected chi connectivity index (χ1v) is 5.13. The number of halogens is 3. The van der Waals surface area contributed by atoms with Gasteiger partial charge in [0.25, 0.3) is 5.91 Å². The third-order valence-corrected chi connectivity index (χ3v) is 2.34. The Morgan fingerprint density at radius 1 is 1.22 bits per heavy atom. The van der Waals surface area contributed by atoms with Gasteiger partial charge in [-0.25, -0.2) is 0 Å². The molecular weight excluding hydrogens is 245 g/mol. The van der Waals surface area contributed by atoms with Crippen molar-refractivity contribution < 1.29 is 18.0 Å². The number of alkyl halides is 3. The van der Waals surface area contributed by atoms with Crippen LogP contribution in [0.5, 0.6) is 0 Å². The summed E-state index contributed by atoms with van der Waals surface area (Å²) in [5, 5.41) is 3.60. The van der Waals surface area contributed by atoms with E-state index in [0.717, 1.165) is 6.07 Å². The van der Waals surface area contributed by atoms with Crippen LogP contribution in [0.2, 0.25) is 0 Å². The van der Waals surface area contributed by atoms with Crippen molar-refractivity contribution in [1.29, 1.82) is 0 Å². The van der Waals surface area contributed by atoms with E-state index in [1.165, 1.54) is 19.1 Å². The fourth-order valence-electron chi connectivity index (χ4n) is 1.56. The summed E-state index contributed by atoms with van der Waals surface area (Å²) >= 11 is 0. The number of hydrogen-bond donors (Lipinski definition) is 0. The number of aromatic nitrogens is 2. The minimum absolute atomic E-state index is 0.145. The minimum Gasteiger partial charge on any atom is -0.267 e. The van der Waals surface area contributed by atoms with Gasteiger partial charge in [0.15, 0.2) is 5.69 Å². The maximum absolute atomic E-state index is 12.7. The van der Waals surface area contributed by atoms with E-state index in [0.29, 0.717) is 4.68 Å². The van der Waals surface area contributed by atoms with E-state index in [1.54, 1.807) is 18.2 Å². The van der Waals surface area contributed by atoms with E-state index >= 15 is 0 Å². The molecule has 6 heteroatoms. The summed E-state index contributed by atoms with van der Waals surface area (Å²) in [4.78, 5) is 11.9. The highest BCUT2D eigenvalue weighted by atomic mass is 19.4. The van der Waals surface area contributed by atoms with Crippen LogP contribution in [0.1, 0.15) is 21.7 Å². The summed E-state index contributed by atoms with van der Waals surface area (Å²) in [6, 6.07) is 8.57. The molecule has 0 bridgehead atoms. The summed E-state index contributed by atoms with van der Waals surface area (Å²) < 4.78 is 38.6. The van der Waals surface area contributed by atoms with Gasteiger partial charge in [-0.15, -0.1) is 0 Å². The fourth-order valence-corrected chi connectivity index (χ4v) is 1.56. The van der Waals surface area contributed by atoms with E-state index in [-0.39, 0.29) is 11.3 Å². The Balaban J connectivity index is 2.49. The largest absolute Gasteiger partial charge is 0.433 e. The molecule has 0 saturated carbocycles. The van der Waals surface area contributed by atoms with Crippen molar-refractivity contribution in [2.75, 3.05) is 0 Å². The Morgan fingerprint density at radius 2 is 1.83 bits per heavy atom. The Hall–Kier alpha value is -2.11. The maximum atomic E-state index is 12.7. The van der Waals surface area contributed by atoms with Gasteiger partial charge in [0.1, 0.15) is 0 Å². The molecule has 0 amide bonds. The van der Waals surface area contributed by atoms with E-state index < -0.39 is 17.8 Å². The molecular formula is C12H9F3N2O. The van der Waals surface area contributed by atoms with Gasteiger partial charge >= 0.3 is 6.18 Å². The van der Waals surface area contributed by atoms with Crippen LogP contribution in [0.3, 0.4) is 0 Å². The van der Waals surface area contributed by atoms with E-state index in [4.69, 9.17) is 0 Å². The number of rotatable bonds is 1. The predicted octanol–water partition coefficient (Wildman–Crippen LogP) is 2.90. The summed E-state index contributed by atoms with van der Waals surface area (Å²) in [6.45, 7) is 1.41. The summed E-state index contributed by atoms with van der Waals surface area (Å²) in [6.07, 6.45) is -4.61. The zero-order valence-corrected chi connectivity index (χ0v) is 9.40. The average Bonchev–Trinajstić information content (AvgIpc) is 2.71. The standard InChI is InChI=1S/C12H9F3N2O/c1-8-7-10(12(13,14)15)17(16-8)11(18)9-5-3-2-4-6-9/h2-7H,1H3. The number of aryl methyl sites for hydroxylation is 1. The van der Waals surface area contributed by atoms with Gasteiger partial charge in [0, 0.05) is 5.56 Å². The van der Waals surface area contributed by atoms with Gasteiger partial charge in [-0.3, -0.25) is 4.79 Å². The van der Waals surface area contributed by atoms with Crippen molar-refractivity contribution in [2.24, 2.45) is 0 Å². The molecule has 0 atom stereocenters. The van der Waals surface area contributed by atoms with Crippen LogP contribution in [0, 0.1) is 6.92 Å². The lowest BCUT2D eigenvalue weighted by Gasteiger charge is -2.08. The normalized spacial score (nSPS) is 11.6. The van der Waals surface area contributed by atoms with Crippen LogP contribution in [-0.2, 0) is 6.18 Å². The molecule has 0 aliphatic carbocycles. The molecule has 1 aromatic carbocycles. The molecule has 3 nitrogen and oxygen atoms in total. The topological polar surface area (TPSA) is 34.9 Å². The lowest BCUT2D eigenvalue weighted by atomic mass is 10.2.